The number of nitrogens with zero attached hydrogens (tertiary/aromatic N) is 1. The van der Waals surface area contributed by atoms with Gasteiger partial charge in [-0.05, 0) is 35.6 Å². The van der Waals surface area contributed by atoms with Gasteiger partial charge in [-0.25, -0.2) is 13.2 Å². The van der Waals surface area contributed by atoms with Crippen molar-refractivity contribution in [2.45, 2.75) is 18.7 Å². The molecule has 0 saturated carbocycles. The summed E-state index contributed by atoms with van der Waals surface area (Å²) in [7, 11) is -1.38. The van der Waals surface area contributed by atoms with Crippen LogP contribution < -0.4 is 20.3 Å². The zero-order valence-corrected chi connectivity index (χ0v) is 18.2. The molecule has 0 spiro atoms. The molecular formula is C22H29N3O4S. The minimum Gasteiger partial charge on any atom is -0.497 e. The van der Waals surface area contributed by atoms with E-state index in [2.05, 4.69) is 21.6 Å². The number of ether oxygens (including phenoxy) is 1. The number of methoxy groups -OCH3 is 1. The monoisotopic (exact) mass is 431 g/mol. The highest BCUT2D eigenvalue weighted by Gasteiger charge is 2.23. The largest absolute Gasteiger partial charge is 0.497 e. The molecule has 1 fully saturated rings. The van der Waals surface area contributed by atoms with E-state index in [1.165, 1.54) is 6.26 Å². The number of hydrogen-bond acceptors (Lipinski definition) is 5. The Bertz CT molecular complexity index is 961. The Balaban J connectivity index is 1.40. The lowest BCUT2D eigenvalue weighted by molar-refractivity contribution is 0.239. The molecule has 0 bridgehead atoms. The molecule has 1 aliphatic rings. The van der Waals surface area contributed by atoms with Gasteiger partial charge in [0.05, 0.1) is 12.9 Å². The second-order valence-electron chi connectivity index (χ2n) is 7.75. The standard InChI is InChI=1S/C22H29N3O4S/c1-29-21-5-3-4-20(12-21)25-11-10-19(15-25)14-24-22(26)23-13-17-6-8-18(9-7-17)16-30(2,27)28/h3-9,12,19H,10-11,13-16H2,1-2H3,(H2,23,24,26). The molecule has 2 aromatic rings. The van der Waals surface area contributed by atoms with Gasteiger partial charge >= 0.3 is 6.03 Å². The van der Waals surface area contributed by atoms with Crippen molar-refractivity contribution in [1.82, 2.24) is 10.6 Å². The fourth-order valence-electron chi connectivity index (χ4n) is 3.58. The van der Waals surface area contributed by atoms with Crippen molar-refractivity contribution in [3.8, 4) is 5.75 Å². The summed E-state index contributed by atoms with van der Waals surface area (Å²) in [6.45, 7) is 2.88. The van der Waals surface area contributed by atoms with E-state index in [-0.39, 0.29) is 11.8 Å². The Morgan fingerprint density at radius 3 is 2.57 bits per heavy atom. The van der Waals surface area contributed by atoms with Crippen LogP contribution in [0.25, 0.3) is 0 Å². The van der Waals surface area contributed by atoms with Gasteiger partial charge in [-0.2, -0.15) is 0 Å². The minimum atomic E-state index is -3.05. The van der Waals surface area contributed by atoms with E-state index >= 15 is 0 Å². The first-order valence-corrected chi connectivity index (χ1v) is 12.0. The number of carbonyl (C=O) groups is 1. The topological polar surface area (TPSA) is 87.7 Å². The quantitative estimate of drug-likeness (QED) is 0.671. The molecule has 0 radical (unpaired) electrons. The number of amides is 2. The zero-order valence-electron chi connectivity index (χ0n) is 17.4. The number of sulfone groups is 1. The number of hydrogen-bond donors (Lipinski definition) is 2. The van der Waals surface area contributed by atoms with Crippen LogP contribution in [0, 0.1) is 5.92 Å². The minimum absolute atomic E-state index is 0.0232. The van der Waals surface area contributed by atoms with Crippen LogP contribution in [-0.2, 0) is 22.1 Å². The number of urea groups is 1. The average molecular weight is 432 g/mol. The third-order valence-electron chi connectivity index (χ3n) is 5.16. The lowest BCUT2D eigenvalue weighted by Crippen LogP contribution is -2.38. The van der Waals surface area contributed by atoms with Crippen molar-refractivity contribution in [2.75, 3.05) is 37.9 Å². The van der Waals surface area contributed by atoms with Gasteiger partial charge in [-0.3, -0.25) is 0 Å². The summed E-state index contributed by atoms with van der Waals surface area (Å²) in [4.78, 5) is 14.4. The van der Waals surface area contributed by atoms with Crippen LogP contribution in [0.1, 0.15) is 17.5 Å². The first-order valence-electron chi connectivity index (χ1n) is 9.98. The van der Waals surface area contributed by atoms with Crippen molar-refractivity contribution in [2.24, 2.45) is 5.92 Å². The summed E-state index contributed by atoms with van der Waals surface area (Å²) < 4.78 is 28.0. The fraction of sp³-hybridized carbons (Fsp3) is 0.409. The summed E-state index contributed by atoms with van der Waals surface area (Å²) in [5.41, 5.74) is 2.81. The van der Waals surface area contributed by atoms with E-state index in [4.69, 9.17) is 4.74 Å². The highest BCUT2D eigenvalue weighted by Crippen LogP contribution is 2.26. The summed E-state index contributed by atoms with van der Waals surface area (Å²) in [5, 5.41) is 5.80. The second kappa shape index (κ2) is 9.84. The highest BCUT2D eigenvalue weighted by molar-refractivity contribution is 7.89. The molecule has 0 aliphatic carbocycles. The van der Waals surface area contributed by atoms with Crippen LogP contribution in [0.5, 0.6) is 5.75 Å². The Morgan fingerprint density at radius 2 is 1.87 bits per heavy atom. The summed E-state index contributed by atoms with van der Waals surface area (Å²) in [6, 6.07) is 15.1. The molecule has 30 heavy (non-hydrogen) atoms. The summed E-state index contributed by atoms with van der Waals surface area (Å²) in [5.74, 6) is 1.27. The molecule has 1 atom stereocenters. The van der Waals surface area contributed by atoms with Crippen LogP contribution in [0.3, 0.4) is 0 Å². The van der Waals surface area contributed by atoms with E-state index in [1.807, 2.05) is 30.3 Å². The van der Waals surface area contributed by atoms with E-state index in [0.717, 1.165) is 42.1 Å². The van der Waals surface area contributed by atoms with Crippen molar-refractivity contribution < 1.29 is 17.9 Å². The molecule has 2 amide bonds. The van der Waals surface area contributed by atoms with E-state index in [9.17, 15) is 13.2 Å². The first kappa shape index (κ1) is 22.0. The molecule has 0 aromatic heterocycles. The Kier molecular flexibility index (Phi) is 7.20. The number of benzene rings is 2. The van der Waals surface area contributed by atoms with Gasteiger partial charge in [-0.1, -0.05) is 30.3 Å². The predicted octanol–water partition coefficient (Wildman–Crippen LogP) is 2.57. The number of carbonyl (C=O) groups excluding carboxylic acids is 1. The smallest absolute Gasteiger partial charge is 0.315 e. The maximum Gasteiger partial charge on any atom is 0.315 e. The Labute approximate surface area is 178 Å². The molecule has 162 valence electrons. The number of rotatable bonds is 8. The highest BCUT2D eigenvalue weighted by atomic mass is 32.2. The molecule has 7 nitrogen and oxygen atoms in total. The summed E-state index contributed by atoms with van der Waals surface area (Å²) >= 11 is 0. The van der Waals surface area contributed by atoms with Crippen molar-refractivity contribution in [1.29, 1.82) is 0 Å². The molecule has 2 aromatic carbocycles. The van der Waals surface area contributed by atoms with Gasteiger partial charge < -0.3 is 20.3 Å². The SMILES string of the molecule is COc1cccc(N2CCC(CNC(=O)NCc3ccc(CS(C)(=O)=O)cc3)C2)c1. The second-order valence-corrected chi connectivity index (χ2v) is 9.89. The lowest BCUT2D eigenvalue weighted by atomic mass is 10.1. The molecule has 3 rings (SSSR count). The molecule has 8 heteroatoms. The first-order chi connectivity index (χ1) is 14.3. The van der Waals surface area contributed by atoms with E-state index < -0.39 is 9.84 Å². The molecule has 1 unspecified atom stereocenters. The maximum atomic E-state index is 12.1. The van der Waals surface area contributed by atoms with Crippen LogP contribution >= 0.6 is 0 Å². The molecule has 1 heterocycles. The fourth-order valence-corrected chi connectivity index (χ4v) is 4.38. The zero-order chi connectivity index (χ0) is 21.6. The third-order valence-corrected chi connectivity index (χ3v) is 6.02. The van der Waals surface area contributed by atoms with Gasteiger partial charge in [0, 0.05) is 44.2 Å². The van der Waals surface area contributed by atoms with Crippen LogP contribution in [0.15, 0.2) is 48.5 Å². The molecule has 2 N–H and O–H groups in total. The van der Waals surface area contributed by atoms with Gasteiger partial charge in [0.2, 0.25) is 0 Å². The molecule has 1 aliphatic heterocycles. The Hall–Kier alpha value is -2.74. The maximum absolute atomic E-state index is 12.1. The lowest BCUT2D eigenvalue weighted by Gasteiger charge is -2.19. The third kappa shape index (κ3) is 6.66. The van der Waals surface area contributed by atoms with Crippen LogP contribution in [-0.4, -0.2) is 47.4 Å². The van der Waals surface area contributed by atoms with Gasteiger partial charge in [0.25, 0.3) is 0 Å². The predicted molar refractivity (Wildman–Crippen MR) is 119 cm³/mol. The number of anilines is 1. The average Bonchev–Trinajstić information content (AvgIpc) is 3.20. The van der Waals surface area contributed by atoms with Crippen LogP contribution in [0.2, 0.25) is 0 Å². The van der Waals surface area contributed by atoms with Crippen LogP contribution in [0.4, 0.5) is 10.5 Å². The van der Waals surface area contributed by atoms with Gasteiger partial charge in [0.15, 0.2) is 9.84 Å². The van der Waals surface area contributed by atoms with Gasteiger partial charge in [0.1, 0.15) is 5.75 Å². The molecular weight excluding hydrogens is 402 g/mol. The van der Waals surface area contributed by atoms with Crippen molar-refractivity contribution >= 4 is 21.6 Å². The van der Waals surface area contributed by atoms with Crippen molar-refractivity contribution in [3.63, 3.8) is 0 Å². The Morgan fingerprint density at radius 1 is 1.13 bits per heavy atom. The van der Waals surface area contributed by atoms with Gasteiger partial charge in [-0.15, -0.1) is 0 Å². The van der Waals surface area contributed by atoms with E-state index in [1.54, 1.807) is 19.2 Å². The van der Waals surface area contributed by atoms with E-state index in [0.29, 0.717) is 19.0 Å². The number of nitrogens with one attached hydrogen (secondary N) is 2. The summed E-state index contributed by atoms with van der Waals surface area (Å²) in [6.07, 6.45) is 2.24. The normalized spacial score (nSPS) is 16.3. The van der Waals surface area contributed by atoms with Crippen molar-refractivity contribution in [3.05, 3.63) is 59.7 Å². The molecule has 1 saturated heterocycles.